The summed E-state index contributed by atoms with van der Waals surface area (Å²) in [7, 11) is 0. The third kappa shape index (κ3) is 2.32. The van der Waals surface area contributed by atoms with Gasteiger partial charge >= 0.3 is 0 Å². The number of rotatable bonds is 5. The summed E-state index contributed by atoms with van der Waals surface area (Å²) in [6, 6.07) is 0. The maximum atomic E-state index is 9.48. The van der Waals surface area contributed by atoms with E-state index in [0.717, 1.165) is 12.8 Å². The van der Waals surface area contributed by atoms with Crippen LogP contribution in [0.4, 0.5) is 0 Å². The Morgan fingerprint density at radius 1 is 1.21 bits per heavy atom. The molecular formula is C10H18N2O2. The first-order chi connectivity index (χ1) is 6.72. The van der Waals surface area contributed by atoms with E-state index < -0.39 is 6.10 Å². The minimum atomic E-state index is -0.595. The standard InChI is InChI=1S/C10H18N2O2/c1-4-7(5-2)10-11-9(12-14-10)8(13)6-3/h7-8,13H,4-6H2,1-3H3. The molecule has 0 amide bonds. The number of nitrogens with zero attached hydrogens (tertiary/aromatic N) is 2. The van der Waals surface area contributed by atoms with Crippen LogP contribution in [0.2, 0.25) is 0 Å². The number of aromatic nitrogens is 2. The van der Waals surface area contributed by atoms with Crippen LogP contribution in [-0.4, -0.2) is 15.2 Å². The monoisotopic (exact) mass is 198 g/mol. The average Bonchev–Trinajstić information content (AvgIpc) is 2.68. The van der Waals surface area contributed by atoms with Gasteiger partial charge in [-0.1, -0.05) is 25.9 Å². The van der Waals surface area contributed by atoms with Gasteiger partial charge in [0.15, 0.2) is 5.82 Å². The fraction of sp³-hybridized carbons (Fsp3) is 0.800. The van der Waals surface area contributed by atoms with Crippen molar-refractivity contribution in [1.82, 2.24) is 10.1 Å². The molecule has 1 heterocycles. The van der Waals surface area contributed by atoms with Gasteiger partial charge in [0, 0.05) is 5.92 Å². The Morgan fingerprint density at radius 3 is 2.36 bits per heavy atom. The quantitative estimate of drug-likeness (QED) is 0.789. The smallest absolute Gasteiger partial charge is 0.229 e. The van der Waals surface area contributed by atoms with Gasteiger partial charge in [0.05, 0.1) is 0 Å². The van der Waals surface area contributed by atoms with Gasteiger partial charge in [-0.25, -0.2) is 0 Å². The summed E-state index contributed by atoms with van der Waals surface area (Å²) in [5.41, 5.74) is 0. The minimum absolute atomic E-state index is 0.320. The molecule has 0 aliphatic heterocycles. The van der Waals surface area contributed by atoms with Crippen LogP contribution in [0.25, 0.3) is 0 Å². The topological polar surface area (TPSA) is 59.2 Å². The molecule has 4 nitrogen and oxygen atoms in total. The SMILES string of the molecule is CCC(O)c1noc(C(CC)CC)n1. The molecule has 0 fully saturated rings. The molecule has 14 heavy (non-hydrogen) atoms. The summed E-state index contributed by atoms with van der Waals surface area (Å²) in [6.45, 7) is 6.07. The lowest BCUT2D eigenvalue weighted by Gasteiger charge is -2.04. The molecule has 1 aromatic rings. The highest BCUT2D eigenvalue weighted by molar-refractivity contribution is 4.95. The largest absolute Gasteiger partial charge is 0.385 e. The van der Waals surface area contributed by atoms with Crippen molar-refractivity contribution in [2.75, 3.05) is 0 Å². The molecule has 0 spiro atoms. The van der Waals surface area contributed by atoms with E-state index in [0.29, 0.717) is 24.1 Å². The maximum Gasteiger partial charge on any atom is 0.229 e. The summed E-state index contributed by atoms with van der Waals surface area (Å²) in [6.07, 6.45) is 1.99. The fourth-order valence-corrected chi connectivity index (χ4v) is 1.37. The van der Waals surface area contributed by atoms with E-state index in [1.807, 2.05) is 6.92 Å². The van der Waals surface area contributed by atoms with Crippen molar-refractivity contribution in [2.45, 2.75) is 52.1 Å². The highest BCUT2D eigenvalue weighted by Crippen LogP contribution is 2.22. The Labute approximate surface area is 84.3 Å². The van der Waals surface area contributed by atoms with Gasteiger partial charge in [0.2, 0.25) is 5.89 Å². The molecule has 4 heteroatoms. The van der Waals surface area contributed by atoms with E-state index >= 15 is 0 Å². The molecule has 1 unspecified atom stereocenters. The third-order valence-corrected chi connectivity index (χ3v) is 2.48. The molecule has 1 atom stereocenters. The van der Waals surface area contributed by atoms with Crippen LogP contribution in [0.1, 0.15) is 63.8 Å². The molecule has 0 aromatic carbocycles. The highest BCUT2D eigenvalue weighted by Gasteiger charge is 2.18. The van der Waals surface area contributed by atoms with Gasteiger partial charge in [-0.2, -0.15) is 4.98 Å². The molecular weight excluding hydrogens is 180 g/mol. The van der Waals surface area contributed by atoms with Crippen LogP contribution < -0.4 is 0 Å². The number of aliphatic hydroxyl groups is 1. The minimum Gasteiger partial charge on any atom is -0.385 e. The predicted octanol–water partition coefficient (Wildman–Crippen LogP) is 2.42. The first-order valence-electron chi connectivity index (χ1n) is 5.24. The van der Waals surface area contributed by atoms with Gasteiger partial charge in [-0.15, -0.1) is 0 Å². The molecule has 0 bridgehead atoms. The summed E-state index contributed by atoms with van der Waals surface area (Å²) in [4.78, 5) is 4.20. The van der Waals surface area contributed by atoms with E-state index in [1.165, 1.54) is 0 Å². The second-order valence-corrected chi connectivity index (χ2v) is 3.43. The molecule has 0 aliphatic rings. The second-order valence-electron chi connectivity index (χ2n) is 3.43. The van der Waals surface area contributed by atoms with Crippen molar-refractivity contribution < 1.29 is 9.63 Å². The van der Waals surface area contributed by atoms with E-state index in [4.69, 9.17) is 4.52 Å². The molecule has 0 saturated carbocycles. The van der Waals surface area contributed by atoms with Crippen LogP contribution in [0.3, 0.4) is 0 Å². The van der Waals surface area contributed by atoms with E-state index in [-0.39, 0.29) is 0 Å². The summed E-state index contributed by atoms with van der Waals surface area (Å²) in [5.74, 6) is 1.38. The van der Waals surface area contributed by atoms with Gasteiger partial charge in [-0.05, 0) is 19.3 Å². The van der Waals surface area contributed by atoms with Crippen LogP contribution in [-0.2, 0) is 0 Å². The van der Waals surface area contributed by atoms with Gasteiger partial charge < -0.3 is 9.63 Å². The van der Waals surface area contributed by atoms with E-state index in [2.05, 4.69) is 24.0 Å². The molecule has 1 aromatic heterocycles. The molecule has 0 aliphatic carbocycles. The van der Waals surface area contributed by atoms with Crippen molar-refractivity contribution in [1.29, 1.82) is 0 Å². The molecule has 80 valence electrons. The Kier molecular flexibility index (Phi) is 4.07. The van der Waals surface area contributed by atoms with Crippen LogP contribution in [0.5, 0.6) is 0 Å². The maximum absolute atomic E-state index is 9.48. The number of aliphatic hydroxyl groups excluding tert-OH is 1. The second kappa shape index (κ2) is 5.10. The molecule has 0 radical (unpaired) electrons. The van der Waals surface area contributed by atoms with Gasteiger partial charge in [0.1, 0.15) is 6.10 Å². The Hall–Kier alpha value is -0.900. The fourth-order valence-electron chi connectivity index (χ4n) is 1.37. The zero-order chi connectivity index (χ0) is 10.6. The molecule has 1 N–H and O–H groups in total. The molecule has 0 saturated heterocycles. The number of hydrogen-bond acceptors (Lipinski definition) is 4. The highest BCUT2D eigenvalue weighted by atomic mass is 16.5. The summed E-state index contributed by atoms with van der Waals surface area (Å²) < 4.78 is 5.11. The lowest BCUT2D eigenvalue weighted by molar-refractivity contribution is 0.159. The van der Waals surface area contributed by atoms with Gasteiger partial charge in [0.25, 0.3) is 0 Å². The predicted molar refractivity (Wildman–Crippen MR) is 52.9 cm³/mol. The Balaban J connectivity index is 2.76. The zero-order valence-corrected chi connectivity index (χ0v) is 9.03. The third-order valence-electron chi connectivity index (χ3n) is 2.48. The number of hydrogen-bond donors (Lipinski definition) is 1. The summed E-state index contributed by atoms with van der Waals surface area (Å²) >= 11 is 0. The van der Waals surface area contributed by atoms with Crippen molar-refractivity contribution >= 4 is 0 Å². The molecule has 1 rings (SSSR count). The van der Waals surface area contributed by atoms with Crippen LogP contribution in [0.15, 0.2) is 4.52 Å². The van der Waals surface area contributed by atoms with Crippen molar-refractivity contribution in [3.8, 4) is 0 Å². The van der Waals surface area contributed by atoms with E-state index in [1.54, 1.807) is 0 Å². The van der Waals surface area contributed by atoms with Crippen molar-refractivity contribution in [3.05, 3.63) is 11.7 Å². The van der Waals surface area contributed by atoms with Crippen LogP contribution >= 0.6 is 0 Å². The first-order valence-corrected chi connectivity index (χ1v) is 5.24. The normalized spacial score (nSPS) is 13.5. The Bertz CT molecular complexity index is 269. The summed E-state index contributed by atoms with van der Waals surface area (Å²) in [5, 5.41) is 13.3. The van der Waals surface area contributed by atoms with Crippen molar-refractivity contribution in [2.24, 2.45) is 0 Å². The lowest BCUT2D eigenvalue weighted by atomic mass is 10.0. The van der Waals surface area contributed by atoms with Gasteiger partial charge in [-0.3, -0.25) is 0 Å². The Morgan fingerprint density at radius 2 is 1.86 bits per heavy atom. The first kappa shape index (κ1) is 11.2. The van der Waals surface area contributed by atoms with E-state index in [9.17, 15) is 5.11 Å². The zero-order valence-electron chi connectivity index (χ0n) is 9.03. The lowest BCUT2D eigenvalue weighted by Crippen LogP contribution is -1.99. The average molecular weight is 198 g/mol. The van der Waals surface area contributed by atoms with Crippen LogP contribution in [0, 0.1) is 0 Å². The van der Waals surface area contributed by atoms with Crippen molar-refractivity contribution in [3.63, 3.8) is 0 Å².